The molecule has 0 bridgehead atoms. The van der Waals surface area contributed by atoms with E-state index in [1.165, 1.54) is 25.7 Å². The second-order valence-electron chi connectivity index (χ2n) is 6.92. The minimum absolute atomic E-state index is 0.0817. The van der Waals surface area contributed by atoms with Gasteiger partial charge in [-0.2, -0.15) is 0 Å². The Morgan fingerprint density at radius 3 is 2.54 bits per heavy atom. The molecule has 2 N–H and O–H groups in total. The Labute approximate surface area is 143 Å². The highest BCUT2D eigenvalue weighted by Gasteiger charge is 2.35. The van der Waals surface area contributed by atoms with Crippen LogP contribution in [-0.4, -0.2) is 35.9 Å². The Morgan fingerprint density at radius 1 is 1.08 bits per heavy atom. The monoisotopic (exact) mass is 330 g/mol. The summed E-state index contributed by atoms with van der Waals surface area (Å²) >= 11 is 0. The number of benzene rings is 1. The van der Waals surface area contributed by atoms with Crippen molar-refractivity contribution in [3.63, 3.8) is 0 Å². The van der Waals surface area contributed by atoms with E-state index >= 15 is 0 Å². The van der Waals surface area contributed by atoms with Crippen molar-refractivity contribution >= 4 is 11.8 Å². The van der Waals surface area contributed by atoms with Gasteiger partial charge < -0.3 is 15.4 Å². The number of carbonyl (C=O) groups excluding carboxylic acids is 2. The number of rotatable bonds is 5. The Morgan fingerprint density at radius 2 is 1.79 bits per heavy atom. The second-order valence-corrected chi connectivity index (χ2v) is 6.92. The summed E-state index contributed by atoms with van der Waals surface area (Å²) in [5.74, 6) is 1.07. The summed E-state index contributed by atoms with van der Waals surface area (Å²) in [4.78, 5) is 25.5. The molecular weight excluding hydrogens is 304 g/mol. The standard InChI is InChI=1S/C19H26N2O3/c20-18(22)12-14-7-9-16(10-8-14)24-13-19(23)21-11-3-5-15-4-1-2-6-17(15)21/h7-10,15,17H,1-6,11-13H2,(H2,20,22)/t15-,17-/m1/s1. The fraction of sp³-hybridized carbons (Fsp3) is 0.579. The van der Waals surface area contributed by atoms with Crippen LogP contribution < -0.4 is 10.5 Å². The van der Waals surface area contributed by atoms with Crippen molar-refractivity contribution in [2.24, 2.45) is 11.7 Å². The molecule has 0 unspecified atom stereocenters. The summed E-state index contributed by atoms with van der Waals surface area (Å²) in [5.41, 5.74) is 6.03. The van der Waals surface area contributed by atoms with E-state index in [4.69, 9.17) is 10.5 Å². The number of hydrogen-bond acceptors (Lipinski definition) is 3. The lowest BCUT2D eigenvalue weighted by molar-refractivity contribution is -0.139. The maximum absolute atomic E-state index is 12.6. The number of likely N-dealkylation sites (tertiary alicyclic amines) is 1. The average Bonchev–Trinajstić information content (AvgIpc) is 2.60. The van der Waals surface area contributed by atoms with Gasteiger partial charge in [0.05, 0.1) is 6.42 Å². The normalized spacial score (nSPS) is 23.4. The number of ether oxygens (including phenoxy) is 1. The molecule has 1 heterocycles. The Kier molecular flexibility index (Phi) is 5.38. The molecule has 24 heavy (non-hydrogen) atoms. The first-order chi connectivity index (χ1) is 11.6. The molecule has 1 saturated carbocycles. The Bertz CT molecular complexity index is 583. The minimum Gasteiger partial charge on any atom is -0.484 e. The number of nitrogens with zero attached hydrogens (tertiary/aromatic N) is 1. The van der Waals surface area contributed by atoms with Crippen LogP contribution in [0.25, 0.3) is 0 Å². The van der Waals surface area contributed by atoms with E-state index in [1.807, 2.05) is 12.1 Å². The van der Waals surface area contributed by atoms with Gasteiger partial charge in [-0.25, -0.2) is 0 Å². The fourth-order valence-electron chi connectivity index (χ4n) is 4.07. The van der Waals surface area contributed by atoms with Gasteiger partial charge in [0.1, 0.15) is 5.75 Å². The van der Waals surface area contributed by atoms with E-state index in [2.05, 4.69) is 4.90 Å². The van der Waals surface area contributed by atoms with Crippen LogP contribution in [0.5, 0.6) is 5.75 Å². The summed E-state index contributed by atoms with van der Waals surface area (Å²) in [7, 11) is 0. The first-order valence-electron chi connectivity index (χ1n) is 8.93. The zero-order valence-electron chi connectivity index (χ0n) is 14.1. The second kappa shape index (κ2) is 7.69. The number of nitrogens with two attached hydrogens (primary N) is 1. The molecule has 1 aliphatic carbocycles. The van der Waals surface area contributed by atoms with Gasteiger partial charge in [0.25, 0.3) is 5.91 Å². The topological polar surface area (TPSA) is 72.6 Å². The predicted octanol–water partition coefficient (Wildman–Crippen LogP) is 2.27. The molecule has 1 aromatic carbocycles. The highest BCUT2D eigenvalue weighted by atomic mass is 16.5. The minimum atomic E-state index is -0.356. The molecule has 130 valence electrons. The molecule has 1 aliphatic heterocycles. The molecule has 2 amide bonds. The van der Waals surface area contributed by atoms with Crippen molar-refractivity contribution in [2.45, 2.75) is 51.0 Å². The molecular formula is C19H26N2O3. The first kappa shape index (κ1) is 16.8. The van der Waals surface area contributed by atoms with Crippen molar-refractivity contribution in [1.29, 1.82) is 0 Å². The quantitative estimate of drug-likeness (QED) is 0.900. The third-order valence-corrected chi connectivity index (χ3v) is 5.23. The lowest BCUT2D eigenvalue weighted by Crippen LogP contribution is -2.51. The van der Waals surface area contributed by atoms with Gasteiger partial charge in [0.2, 0.25) is 5.91 Å². The molecule has 1 saturated heterocycles. The summed E-state index contributed by atoms with van der Waals surface area (Å²) in [6.07, 6.45) is 7.51. The number of carbonyl (C=O) groups is 2. The Balaban J connectivity index is 1.54. The van der Waals surface area contributed by atoms with Gasteiger partial charge in [0.15, 0.2) is 6.61 Å². The molecule has 1 aromatic rings. The third kappa shape index (κ3) is 4.08. The molecule has 5 heteroatoms. The smallest absolute Gasteiger partial charge is 0.260 e. The summed E-state index contributed by atoms with van der Waals surface area (Å²) < 4.78 is 5.65. The van der Waals surface area contributed by atoms with Crippen LogP contribution in [0, 0.1) is 5.92 Å². The number of fused-ring (bicyclic) bond motifs is 1. The molecule has 2 atom stereocenters. The first-order valence-corrected chi connectivity index (χ1v) is 8.93. The van der Waals surface area contributed by atoms with Gasteiger partial charge in [-0.1, -0.05) is 25.0 Å². The van der Waals surface area contributed by atoms with E-state index in [1.54, 1.807) is 12.1 Å². The van der Waals surface area contributed by atoms with Crippen LogP contribution in [-0.2, 0) is 16.0 Å². The zero-order valence-corrected chi connectivity index (χ0v) is 14.1. The van der Waals surface area contributed by atoms with E-state index in [0.717, 1.165) is 24.9 Å². The molecule has 2 aliphatic rings. The van der Waals surface area contributed by atoms with Crippen molar-refractivity contribution in [1.82, 2.24) is 4.90 Å². The fourth-order valence-corrected chi connectivity index (χ4v) is 4.07. The summed E-state index contributed by atoms with van der Waals surface area (Å²) in [6.45, 7) is 0.944. The average molecular weight is 330 g/mol. The molecule has 0 aromatic heterocycles. The molecule has 0 radical (unpaired) electrons. The number of primary amides is 1. The van der Waals surface area contributed by atoms with Crippen LogP contribution in [0.4, 0.5) is 0 Å². The van der Waals surface area contributed by atoms with Crippen LogP contribution in [0.1, 0.15) is 44.1 Å². The van der Waals surface area contributed by atoms with Gasteiger partial charge in [-0.15, -0.1) is 0 Å². The van der Waals surface area contributed by atoms with Crippen molar-refractivity contribution in [2.75, 3.05) is 13.2 Å². The number of amides is 2. The van der Waals surface area contributed by atoms with Gasteiger partial charge >= 0.3 is 0 Å². The maximum Gasteiger partial charge on any atom is 0.260 e. The lowest BCUT2D eigenvalue weighted by atomic mass is 9.78. The molecule has 3 rings (SSSR count). The molecule has 2 fully saturated rings. The maximum atomic E-state index is 12.6. The van der Waals surface area contributed by atoms with Crippen molar-refractivity contribution in [3.8, 4) is 5.75 Å². The van der Waals surface area contributed by atoms with Crippen LogP contribution in [0.15, 0.2) is 24.3 Å². The van der Waals surface area contributed by atoms with Gasteiger partial charge in [0, 0.05) is 12.6 Å². The van der Waals surface area contributed by atoms with Crippen LogP contribution >= 0.6 is 0 Å². The summed E-state index contributed by atoms with van der Waals surface area (Å²) in [6, 6.07) is 7.60. The highest BCUT2D eigenvalue weighted by Crippen LogP contribution is 2.35. The van der Waals surface area contributed by atoms with E-state index in [9.17, 15) is 9.59 Å². The van der Waals surface area contributed by atoms with Crippen LogP contribution in [0.3, 0.4) is 0 Å². The zero-order chi connectivity index (χ0) is 16.9. The van der Waals surface area contributed by atoms with Gasteiger partial charge in [-0.3, -0.25) is 9.59 Å². The largest absolute Gasteiger partial charge is 0.484 e. The van der Waals surface area contributed by atoms with E-state index in [-0.39, 0.29) is 24.8 Å². The molecule has 5 nitrogen and oxygen atoms in total. The number of hydrogen-bond donors (Lipinski definition) is 1. The van der Waals surface area contributed by atoms with Crippen LogP contribution in [0.2, 0.25) is 0 Å². The van der Waals surface area contributed by atoms with E-state index < -0.39 is 0 Å². The highest BCUT2D eigenvalue weighted by molar-refractivity contribution is 5.78. The lowest BCUT2D eigenvalue weighted by Gasteiger charge is -2.44. The van der Waals surface area contributed by atoms with Gasteiger partial charge in [-0.05, 0) is 49.3 Å². The van der Waals surface area contributed by atoms with Crippen molar-refractivity contribution < 1.29 is 14.3 Å². The van der Waals surface area contributed by atoms with Crippen molar-refractivity contribution in [3.05, 3.63) is 29.8 Å². The molecule has 0 spiro atoms. The Hall–Kier alpha value is -2.04. The SMILES string of the molecule is NC(=O)Cc1ccc(OCC(=O)N2CCC[C@H]3CCCC[C@H]32)cc1. The number of piperidine rings is 1. The summed E-state index contributed by atoms with van der Waals surface area (Å²) in [5, 5.41) is 0. The van der Waals surface area contributed by atoms with E-state index in [0.29, 0.717) is 17.7 Å². The third-order valence-electron chi connectivity index (χ3n) is 5.23. The predicted molar refractivity (Wildman–Crippen MR) is 91.5 cm³/mol.